The van der Waals surface area contributed by atoms with Gasteiger partial charge in [0.15, 0.2) is 5.69 Å². The summed E-state index contributed by atoms with van der Waals surface area (Å²) in [4.78, 5) is 7.92. The number of aryl methyl sites for hydroxylation is 2. The third-order valence-corrected chi connectivity index (χ3v) is 5.37. The number of pyridine rings is 1. The predicted molar refractivity (Wildman–Crippen MR) is 120 cm³/mol. The van der Waals surface area contributed by atoms with Crippen molar-refractivity contribution in [3.63, 3.8) is 0 Å². The molecule has 0 saturated heterocycles. The molecule has 0 saturated carbocycles. The second kappa shape index (κ2) is 6.61. The molecule has 0 bridgehead atoms. The Morgan fingerprint density at radius 2 is 1.38 bits per heavy atom. The molecule has 0 aliphatic heterocycles. The molecule has 2 aromatic heterocycles. The molecule has 5 aromatic rings. The van der Waals surface area contributed by atoms with Gasteiger partial charge in [0.25, 0.3) is 0 Å². The first-order valence-corrected chi connectivity index (χ1v) is 9.60. The maximum absolute atomic E-state index is 7.21. The van der Waals surface area contributed by atoms with Crippen LogP contribution in [-0.2, 0) is 0 Å². The van der Waals surface area contributed by atoms with Crippen LogP contribution >= 0.6 is 0 Å². The van der Waals surface area contributed by atoms with Gasteiger partial charge >= 0.3 is 0 Å². The van der Waals surface area contributed by atoms with Gasteiger partial charge in [-0.05, 0) is 67.9 Å². The summed E-state index contributed by atoms with van der Waals surface area (Å²) in [5.41, 5.74) is 8.48. The number of hydrogen-bond acceptors (Lipinski definition) is 1. The number of nitrogens with zero attached hydrogens (tertiary/aromatic N) is 3. The van der Waals surface area contributed by atoms with E-state index in [-0.39, 0.29) is 0 Å². The summed E-state index contributed by atoms with van der Waals surface area (Å²) < 4.78 is 2.32. The monoisotopic (exact) mass is 373 g/mol. The van der Waals surface area contributed by atoms with Gasteiger partial charge in [0, 0.05) is 22.7 Å². The molecule has 3 heteroatoms. The normalized spacial score (nSPS) is 11.1. The predicted octanol–water partition coefficient (Wildman–Crippen LogP) is 7.01. The van der Waals surface area contributed by atoms with Gasteiger partial charge in [0.1, 0.15) is 0 Å². The lowest BCUT2D eigenvalue weighted by atomic mass is 10.1. The van der Waals surface area contributed by atoms with E-state index >= 15 is 0 Å². The standard InChI is InChI=1S/C26H19N3/c1-17-4-10-25-22(14-17)23-15-18(2)5-11-26(23)29(25)21-8-6-19(7-9-21)24-16-20(27-3)12-13-28-24/h4-16H,1-2H3. The molecule has 0 atom stereocenters. The van der Waals surface area contributed by atoms with Crippen molar-refractivity contribution in [1.82, 2.24) is 9.55 Å². The zero-order valence-corrected chi connectivity index (χ0v) is 16.3. The van der Waals surface area contributed by atoms with E-state index in [2.05, 4.69) is 88.9 Å². The highest BCUT2D eigenvalue weighted by Crippen LogP contribution is 2.34. The van der Waals surface area contributed by atoms with Crippen molar-refractivity contribution in [3.8, 4) is 16.9 Å². The van der Waals surface area contributed by atoms with Crippen molar-refractivity contribution < 1.29 is 0 Å². The lowest BCUT2D eigenvalue weighted by Crippen LogP contribution is -1.94. The van der Waals surface area contributed by atoms with Crippen LogP contribution in [0, 0.1) is 20.4 Å². The molecule has 5 rings (SSSR count). The molecule has 3 aromatic carbocycles. The van der Waals surface area contributed by atoms with E-state index in [4.69, 9.17) is 6.57 Å². The smallest absolute Gasteiger partial charge is 0.190 e. The summed E-state index contributed by atoms with van der Waals surface area (Å²) in [6.07, 6.45) is 1.69. The lowest BCUT2D eigenvalue weighted by molar-refractivity contribution is 1.18. The van der Waals surface area contributed by atoms with Gasteiger partial charge in [0.2, 0.25) is 0 Å². The molecular weight excluding hydrogens is 354 g/mol. The fourth-order valence-electron chi connectivity index (χ4n) is 3.96. The molecule has 0 aliphatic rings. The van der Waals surface area contributed by atoms with E-state index in [1.54, 1.807) is 12.3 Å². The largest absolute Gasteiger partial charge is 0.309 e. The number of benzene rings is 3. The number of hydrogen-bond donors (Lipinski definition) is 0. The van der Waals surface area contributed by atoms with Gasteiger partial charge in [-0.2, -0.15) is 0 Å². The maximum atomic E-state index is 7.21. The molecular formula is C26H19N3. The third-order valence-electron chi connectivity index (χ3n) is 5.37. The van der Waals surface area contributed by atoms with Crippen molar-refractivity contribution in [3.05, 3.63) is 102 Å². The summed E-state index contributed by atoms with van der Waals surface area (Å²) >= 11 is 0. The van der Waals surface area contributed by atoms with Crippen LogP contribution in [0.25, 0.3) is 43.6 Å². The van der Waals surface area contributed by atoms with E-state index in [9.17, 15) is 0 Å². The van der Waals surface area contributed by atoms with Crippen LogP contribution in [-0.4, -0.2) is 9.55 Å². The molecule has 2 heterocycles. The summed E-state index contributed by atoms with van der Waals surface area (Å²) in [6, 6.07) is 25.2. The Morgan fingerprint density at radius 1 is 0.759 bits per heavy atom. The first-order chi connectivity index (χ1) is 14.1. The van der Waals surface area contributed by atoms with Gasteiger partial charge in [-0.1, -0.05) is 35.4 Å². The second-order valence-electron chi connectivity index (χ2n) is 7.43. The molecule has 0 unspecified atom stereocenters. The van der Waals surface area contributed by atoms with Crippen molar-refractivity contribution in [2.75, 3.05) is 0 Å². The van der Waals surface area contributed by atoms with Gasteiger partial charge in [-0.15, -0.1) is 0 Å². The van der Waals surface area contributed by atoms with Crippen LogP contribution in [0.1, 0.15) is 11.1 Å². The molecule has 0 radical (unpaired) electrons. The molecule has 0 spiro atoms. The number of fused-ring (bicyclic) bond motifs is 3. The molecule has 29 heavy (non-hydrogen) atoms. The van der Waals surface area contributed by atoms with E-state index in [0.29, 0.717) is 5.69 Å². The Morgan fingerprint density at radius 3 is 1.97 bits per heavy atom. The van der Waals surface area contributed by atoms with E-state index < -0.39 is 0 Å². The van der Waals surface area contributed by atoms with E-state index in [1.807, 2.05) is 6.07 Å². The van der Waals surface area contributed by atoms with E-state index in [1.165, 1.54) is 32.9 Å². The summed E-state index contributed by atoms with van der Waals surface area (Å²) in [7, 11) is 0. The van der Waals surface area contributed by atoms with Crippen molar-refractivity contribution >= 4 is 27.5 Å². The van der Waals surface area contributed by atoms with Gasteiger partial charge in [0.05, 0.1) is 23.3 Å². The highest BCUT2D eigenvalue weighted by atomic mass is 15.0. The fraction of sp³-hybridized carbons (Fsp3) is 0.0769. The van der Waals surface area contributed by atoms with Crippen LogP contribution < -0.4 is 0 Å². The molecule has 138 valence electrons. The average molecular weight is 373 g/mol. The van der Waals surface area contributed by atoms with Crippen molar-refractivity contribution in [2.24, 2.45) is 0 Å². The quantitative estimate of drug-likeness (QED) is 0.305. The van der Waals surface area contributed by atoms with Gasteiger partial charge in [-0.25, -0.2) is 4.85 Å². The van der Waals surface area contributed by atoms with Gasteiger partial charge in [-0.3, -0.25) is 4.98 Å². The molecule has 0 fully saturated rings. The SMILES string of the molecule is [C-]#[N+]c1ccnc(-c2ccc(-n3c4ccc(C)cc4c4cc(C)ccc43)cc2)c1. The molecule has 3 nitrogen and oxygen atoms in total. The minimum Gasteiger partial charge on any atom is -0.309 e. The van der Waals surface area contributed by atoms with E-state index in [0.717, 1.165) is 16.9 Å². The Labute approximate surface area is 169 Å². The second-order valence-corrected chi connectivity index (χ2v) is 7.43. The third kappa shape index (κ3) is 2.86. The first-order valence-electron chi connectivity index (χ1n) is 9.60. The highest BCUT2D eigenvalue weighted by Gasteiger charge is 2.13. The van der Waals surface area contributed by atoms with Crippen LogP contribution in [0.15, 0.2) is 79.0 Å². The Kier molecular flexibility index (Phi) is 3.93. The molecule has 0 aliphatic carbocycles. The van der Waals surface area contributed by atoms with Crippen LogP contribution in [0.4, 0.5) is 5.69 Å². The zero-order chi connectivity index (χ0) is 20.0. The Bertz CT molecular complexity index is 1360. The topological polar surface area (TPSA) is 22.2 Å². The first kappa shape index (κ1) is 17.2. The summed E-state index contributed by atoms with van der Waals surface area (Å²) in [5.74, 6) is 0. The molecule has 0 amide bonds. The zero-order valence-electron chi connectivity index (χ0n) is 16.3. The minimum absolute atomic E-state index is 0.604. The fourth-order valence-corrected chi connectivity index (χ4v) is 3.96. The summed E-state index contributed by atoms with van der Waals surface area (Å²) in [5, 5.41) is 2.55. The van der Waals surface area contributed by atoms with Crippen LogP contribution in [0.5, 0.6) is 0 Å². The summed E-state index contributed by atoms with van der Waals surface area (Å²) in [6.45, 7) is 11.5. The minimum atomic E-state index is 0.604. The Balaban J connectivity index is 1.70. The molecule has 0 N–H and O–H groups in total. The van der Waals surface area contributed by atoms with Crippen LogP contribution in [0.2, 0.25) is 0 Å². The van der Waals surface area contributed by atoms with Crippen LogP contribution in [0.3, 0.4) is 0 Å². The number of rotatable bonds is 2. The Hall–Kier alpha value is -3.90. The maximum Gasteiger partial charge on any atom is 0.190 e. The lowest BCUT2D eigenvalue weighted by Gasteiger charge is -2.09. The van der Waals surface area contributed by atoms with Gasteiger partial charge < -0.3 is 4.57 Å². The van der Waals surface area contributed by atoms with Crippen molar-refractivity contribution in [2.45, 2.75) is 13.8 Å². The highest BCUT2D eigenvalue weighted by molar-refractivity contribution is 6.09. The van der Waals surface area contributed by atoms with Crippen molar-refractivity contribution in [1.29, 1.82) is 0 Å². The number of aromatic nitrogens is 2. The average Bonchev–Trinajstić information content (AvgIpc) is 3.06.